The Morgan fingerprint density at radius 2 is 1.55 bits per heavy atom. The van der Waals surface area contributed by atoms with Crippen LogP contribution in [0, 0.1) is 0 Å². The van der Waals surface area contributed by atoms with Crippen LogP contribution >= 0.6 is 11.7 Å². The SMILES string of the molecule is CC(C)(C)n1s[n]1[Sn]([CH3])([CH3])[CH3]. The van der Waals surface area contributed by atoms with Crippen LogP contribution in [0.5, 0.6) is 0 Å². The molecular formula is C7H18N2SSn. The Kier molecular flexibility index (Phi) is 2.25. The number of aromatic nitrogens is 2. The fraction of sp³-hybridized carbons (Fsp3) is 1.00. The number of hydrogen-bond donors (Lipinski definition) is 0. The first-order valence-corrected chi connectivity index (χ1v) is 14.6. The van der Waals surface area contributed by atoms with Gasteiger partial charge in [-0.15, -0.1) is 0 Å². The standard InChI is InChI=1S/C4H9N2S.3CH3.Sn/c1-4(2,3)6-5-7-6;;;;/h1-3H3;3*1H3;/q-1;;;;+1. The Labute approximate surface area is 77.7 Å². The molecule has 2 nitrogen and oxygen atoms in total. The fourth-order valence-electron chi connectivity index (χ4n) is 0.847. The minimum atomic E-state index is -1.76. The van der Waals surface area contributed by atoms with Gasteiger partial charge in [-0.05, 0) is 0 Å². The van der Waals surface area contributed by atoms with Gasteiger partial charge in [-0.1, -0.05) is 0 Å². The average Bonchev–Trinajstić information content (AvgIpc) is 2.30. The zero-order valence-electron chi connectivity index (χ0n) is 8.30. The van der Waals surface area contributed by atoms with Crippen molar-refractivity contribution in [2.45, 2.75) is 41.1 Å². The Balaban J connectivity index is 2.76. The molecule has 0 N–H and O–H groups in total. The summed E-state index contributed by atoms with van der Waals surface area (Å²) in [5.41, 5.74) is 0.314. The van der Waals surface area contributed by atoms with Crippen molar-refractivity contribution in [3.8, 4) is 0 Å². The molecule has 0 radical (unpaired) electrons. The molecule has 0 spiro atoms. The van der Waals surface area contributed by atoms with Gasteiger partial charge in [0, 0.05) is 0 Å². The third-order valence-corrected chi connectivity index (χ3v) is 11.1. The molecule has 0 aromatic carbocycles. The summed E-state index contributed by atoms with van der Waals surface area (Å²) >= 11 is 0.152. The summed E-state index contributed by atoms with van der Waals surface area (Å²) in [4.78, 5) is 7.31. The van der Waals surface area contributed by atoms with E-state index in [1.807, 2.05) is 11.7 Å². The van der Waals surface area contributed by atoms with Gasteiger partial charge >= 0.3 is 77.9 Å². The molecule has 0 unspecified atom stereocenters. The summed E-state index contributed by atoms with van der Waals surface area (Å²) in [6.45, 7) is 6.78. The molecule has 0 saturated carbocycles. The van der Waals surface area contributed by atoms with E-state index in [9.17, 15) is 0 Å². The van der Waals surface area contributed by atoms with Crippen LogP contribution in [-0.4, -0.2) is 25.0 Å². The predicted octanol–water partition coefficient (Wildman–Crippen LogP) is 2.79. The molecule has 1 heterocycles. The average molecular weight is 281 g/mol. The van der Waals surface area contributed by atoms with Crippen LogP contribution in [0.3, 0.4) is 0 Å². The first kappa shape index (κ1) is 9.70. The van der Waals surface area contributed by atoms with Gasteiger partial charge in [0.1, 0.15) is 0 Å². The van der Waals surface area contributed by atoms with Crippen molar-refractivity contribution in [1.29, 1.82) is 0 Å². The third-order valence-electron chi connectivity index (χ3n) is 1.44. The van der Waals surface area contributed by atoms with Crippen molar-refractivity contribution >= 4 is 30.4 Å². The Bertz CT molecular complexity index is 207. The van der Waals surface area contributed by atoms with Crippen molar-refractivity contribution in [1.82, 2.24) is 6.36 Å². The van der Waals surface area contributed by atoms with E-state index in [1.165, 1.54) is 0 Å². The molecule has 0 bridgehead atoms. The fourth-order valence-corrected chi connectivity index (χ4v) is 8.51. The van der Waals surface area contributed by atoms with Crippen molar-refractivity contribution in [2.75, 3.05) is 0 Å². The van der Waals surface area contributed by atoms with E-state index in [0.717, 1.165) is 0 Å². The molecule has 0 amide bonds. The predicted molar refractivity (Wildman–Crippen MR) is 54.0 cm³/mol. The monoisotopic (exact) mass is 282 g/mol. The molecule has 11 heavy (non-hydrogen) atoms. The molecule has 0 fully saturated rings. The normalized spacial score (nSPS) is 14.4. The zero-order chi connectivity index (χ0) is 8.86. The van der Waals surface area contributed by atoms with Gasteiger partial charge in [0.15, 0.2) is 0 Å². The van der Waals surface area contributed by atoms with Gasteiger partial charge in [-0.25, -0.2) is 0 Å². The van der Waals surface area contributed by atoms with Crippen LogP contribution in [0.25, 0.3) is 0 Å². The summed E-state index contributed by atoms with van der Waals surface area (Å²) < 4.78 is 4.93. The van der Waals surface area contributed by atoms with Crippen molar-refractivity contribution < 1.29 is 0 Å². The molecule has 1 aromatic rings. The second-order valence-electron chi connectivity index (χ2n) is 4.97. The summed E-state index contributed by atoms with van der Waals surface area (Å²) in [6.07, 6.45) is 0. The quantitative estimate of drug-likeness (QED) is 0.700. The van der Waals surface area contributed by atoms with Gasteiger partial charge in [-0.3, -0.25) is 0 Å². The molecule has 1 aromatic heterocycles. The van der Waals surface area contributed by atoms with Crippen LogP contribution in [0.4, 0.5) is 0 Å². The van der Waals surface area contributed by atoms with E-state index < -0.39 is 18.7 Å². The third kappa shape index (κ3) is 2.28. The Morgan fingerprint density at radius 1 is 1.09 bits per heavy atom. The van der Waals surface area contributed by atoms with Gasteiger partial charge in [-0.2, -0.15) is 0 Å². The van der Waals surface area contributed by atoms with Crippen LogP contribution in [0.15, 0.2) is 0 Å². The molecule has 66 valence electrons. The summed E-state index contributed by atoms with van der Waals surface area (Å²) in [5, 5.41) is 0. The topological polar surface area (TPSA) is 9.86 Å². The molecule has 1 rings (SSSR count). The Hall–Kier alpha value is 0.619. The number of rotatable bonds is 1. The second-order valence-corrected chi connectivity index (χ2v) is 20.3. The van der Waals surface area contributed by atoms with Gasteiger partial charge in [0.2, 0.25) is 0 Å². The van der Waals surface area contributed by atoms with E-state index in [2.05, 4.69) is 42.0 Å². The maximum absolute atomic E-state index is 2.52. The van der Waals surface area contributed by atoms with Gasteiger partial charge in [0.05, 0.1) is 0 Å². The summed E-state index contributed by atoms with van der Waals surface area (Å²) in [6, 6.07) is 0. The molecule has 0 aliphatic rings. The maximum atomic E-state index is 2.52. The van der Waals surface area contributed by atoms with E-state index in [4.69, 9.17) is 0 Å². The van der Waals surface area contributed by atoms with Crippen LogP contribution in [-0.2, 0) is 5.54 Å². The summed E-state index contributed by atoms with van der Waals surface area (Å²) in [7, 11) is 0. The minimum absolute atomic E-state index is 0.314. The van der Waals surface area contributed by atoms with Crippen molar-refractivity contribution in [2.24, 2.45) is 0 Å². The Morgan fingerprint density at radius 3 is 1.64 bits per heavy atom. The molecule has 0 atom stereocenters. The van der Waals surface area contributed by atoms with E-state index in [1.54, 1.807) is 0 Å². The molecule has 0 aliphatic carbocycles. The van der Waals surface area contributed by atoms with Crippen molar-refractivity contribution in [3.05, 3.63) is 0 Å². The molecule has 0 aliphatic heterocycles. The van der Waals surface area contributed by atoms with Gasteiger partial charge < -0.3 is 0 Å². The summed E-state index contributed by atoms with van der Waals surface area (Å²) in [5.74, 6) is 0. The molecule has 0 saturated heterocycles. The first-order valence-electron chi connectivity index (χ1n) is 4.01. The van der Waals surface area contributed by atoms with E-state index in [-0.39, 0.29) is 0 Å². The van der Waals surface area contributed by atoms with E-state index in [0.29, 0.717) is 5.54 Å². The first-order chi connectivity index (χ1) is 4.73. The van der Waals surface area contributed by atoms with Crippen LogP contribution < -0.4 is 0 Å². The number of nitrogens with zero attached hydrogens (tertiary/aromatic N) is 2. The zero-order valence-corrected chi connectivity index (χ0v) is 12.0. The van der Waals surface area contributed by atoms with Crippen LogP contribution in [0.2, 0.25) is 14.8 Å². The number of hydrogen-bond acceptors (Lipinski definition) is 1. The van der Waals surface area contributed by atoms with Crippen LogP contribution in [0.1, 0.15) is 20.8 Å². The van der Waals surface area contributed by atoms with Gasteiger partial charge in [0.25, 0.3) is 0 Å². The second kappa shape index (κ2) is 2.55. The molecular weight excluding hydrogens is 263 g/mol. The molecule has 4 heteroatoms. The van der Waals surface area contributed by atoms with Crippen molar-refractivity contribution in [3.63, 3.8) is 0 Å². The van der Waals surface area contributed by atoms with E-state index >= 15 is 0 Å².